The van der Waals surface area contributed by atoms with Crippen LogP contribution in [-0.2, 0) is 0 Å². The lowest BCUT2D eigenvalue weighted by molar-refractivity contribution is 0.102. The Kier molecular flexibility index (Phi) is 3.85. The van der Waals surface area contributed by atoms with Crippen LogP contribution < -0.4 is 10.6 Å². The van der Waals surface area contributed by atoms with Crippen LogP contribution >= 0.6 is 0 Å². The van der Waals surface area contributed by atoms with E-state index in [9.17, 15) is 4.79 Å². The first kappa shape index (κ1) is 13.6. The molecular weight excluding hydrogens is 268 g/mol. The molecule has 2 aromatic rings. The van der Waals surface area contributed by atoms with Crippen molar-refractivity contribution in [2.45, 2.75) is 38.6 Å². The van der Waals surface area contributed by atoms with Gasteiger partial charge >= 0.3 is 0 Å². The van der Waals surface area contributed by atoms with Crippen molar-refractivity contribution in [3.8, 4) is 0 Å². The van der Waals surface area contributed by atoms with Crippen molar-refractivity contribution in [2.75, 3.05) is 10.6 Å². The molecule has 0 spiro atoms. The van der Waals surface area contributed by atoms with Crippen molar-refractivity contribution >= 4 is 17.4 Å². The topological polar surface area (TPSA) is 80.0 Å². The lowest BCUT2D eigenvalue weighted by Crippen LogP contribution is -2.16. The molecule has 2 heterocycles. The van der Waals surface area contributed by atoms with Crippen LogP contribution in [0, 0.1) is 6.92 Å². The third-order valence-electron chi connectivity index (χ3n) is 3.60. The lowest BCUT2D eigenvalue weighted by Gasteiger charge is -2.13. The van der Waals surface area contributed by atoms with Gasteiger partial charge in [0.2, 0.25) is 0 Å². The highest BCUT2D eigenvalue weighted by Crippen LogP contribution is 2.22. The molecule has 0 unspecified atom stereocenters. The Labute approximate surface area is 122 Å². The van der Waals surface area contributed by atoms with E-state index in [0.717, 1.165) is 5.69 Å². The number of rotatable bonds is 4. The van der Waals surface area contributed by atoms with E-state index in [1.807, 2.05) is 6.07 Å². The van der Waals surface area contributed by atoms with Gasteiger partial charge in [-0.25, -0.2) is 0 Å². The molecule has 1 fully saturated rings. The van der Waals surface area contributed by atoms with Crippen molar-refractivity contribution < 1.29 is 9.32 Å². The molecule has 0 aromatic carbocycles. The van der Waals surface area contributed by atoms with Gasteiger partial charge in [0.05, 0.1) is 11.3 Å². The number of hydrogen-bond donors (Lipinski definition) is 2. The first-order valence-electron chi connectivity index (χ1n) is 7.17. The van der Waals surface area contributed by atoms with Crippen LogP contribution in [0.1, 0.15) is 41.8 Å². The number of amides is 1. The number of carbonyl (C=O) groups excluding carboxylic acids is 1. The molecule has 0 bridgehead atoms. The minimum atomic E-state index is -0.245. The maximum Gasteiger partial charge on any atom is 0.258 e. The number of hydrogen-bond acceptors (Lipinski definition) is 5. The number of pyridine rings is 1. The summed E-state index contributed by atoms with van der Waals surface area (Å²) in [5.41, 5.74) is 1.38. The highest BCUT2D eigenvalue weighted by molar-refractivity contribution is 6.04. The van der Waals surface area contributed by atoms with Gasteiger partial charge in [-0.05, 0) is 25.8 Å². The molecule has 1 amide bonds. The third kappa shape index (κ3) is 3.39. The molecule has 0 aliphatic heterocycles. The van der Waals surface area contributed by atoms with Gasteiger partial charge in [0, 0.05) is 24.5 Å². The quantitative estimate of drug-likeness (QED) is 0.903. The second-order valence-electron chi connectivity index (χ2n) is 5.36. The van der Waals surface area contributed by atoms with E-state index in [1.54, 1.807) is 25.4 Å². The highest BCUT2D eigenvalue weighted by atomic mass is 16.5. The Morgan fingerprint density at radius 1 is 1.29 bits per heavy atom. The molecule has 2 aromatic heterocycles. The summed E-state index contributed by atoms with van der Waals surface area (Å²) in [6.07, 6.45) is 8.16. The molecule has 6 nitrogen and oxygen atoms in total. The maximum atomic E-state index is 12.2. The molecule has 1 aliphatic carbocycles. The number of nitrogens with one attached hydrogen (secondary N) is 2. The van der Waals surface area contributed by atoms with Crippen LogP contribution in [0.3, 0.4) is 0 Å². The Hall–Kier alpha value is -2.37. The minimum Gasteiger partial charge on any atom is -0.381 e. The summed E-state index contributed by atoms with van der Waals surface area (Å²) in [5.74, 6) is 0.817. The van der Waals surface area contributed by atoms with Crippen LogP contribution in [0.2, 0.25) is 0 Å². The van der Waals surface area contributed by atoms with Gasteiger partial charge in [-0.2, -0.15) is 0 Å². The summed E-state index contributed by atoms with van der Waals surface area (Å²) in [5, 5.41) is 9.86. The molecule has 2 N–H and O–H groups in total. The normalized spacial score (nSPS) is 15.1. The van der Waals surface area contributed by atoms with Gasteiger partial charge in [-0.15, -0.1) is 0 Å². The third-order valence-corrected chi connectivity index (χ3v) is 3.60. The van der Waals surface area contributed by atoms with E-state index >= 15 is 0 Å². The van der Waals surface area contributed by atoms with E-state index in [-0.39, 0.29) is 5.91 Å². The number of nitrogens with zero attached hydrogens (tertiary/aromatic N) is 2. The maximum absolute atomic E-state index is 12.2. The molecule has 0 atom stereocenters. The minimum absolute atomic E-state index is 0.245. The molecule has 110 valence electrons. The van der Waals surface area contributed by atoms with Crippen LogP contribution in [-0.4, -0.2) is 22.1 Å². The van der Waals surface area contributed by atoms with Gasteiger partial charge < -0.3 is 15.2 Å². The summed E-state index contributed by atoms with van der Waals surface area (Å²) in [6, 6.07) is 3.97. The zero-order valence-corrected chi connectivity index (χ0v) is 11.9. The van der Waals surface area contributed by atoms with Gasteiger partial charge in [0.25, 0.3) is 5.91 Å². The fraction of sp³-hybridized carbons (Fsp3) is 0.400. The van der Waals surface area contributed by atoms with Crippen molar-refractivity contribution in [3.05, 3.63) is 35.9 Å². The van der Waals surface area contributed by atoms with E-state index in [4.69, 9.17) is 4.52 Å². The smallest absolute Gasteiger partial charge is 0.258 e. The number of carbonyl (C=O) groups is 1. The Morgan fingerprint density at radius 3 is 2.81 bits per heavy atom. The fourth-order valence-electron chi connectivity index (χ4n) is 2.56. The average Bonchev–Trinajstić information content (AvgIpc) is 3.11. The molecule has 1 saturated carbocycles. The molecule has 3 rings (SSSR count). The van der Waals surface area contributed by atoms with Crippen molar-refractivity contribution in [2.24, 2.45) is 0 Å². The second kappa shape index (κ2) is 5.95. The molecule has 0 radical (unpaired) electrons. The van der Waals surface area contributed by atoms with Gasteiger partial charge in [0.15, 0.2) is 5.82 Å². The van der Waals surface area contributed by atoms with Crippen molar-refractivity contribution in [3.63, 3.8) is 0 Å². The summed E-state index contributed by atoms with van der Waals surface area (Å²) in [6.45, 7) is 1.77. The lowest BCUT2D eigenvalue weighted by atomic mass is 10.2. The van der Waals surface area contributed by atoms with Gasteiger partial charge in [-0.1, -0.05) is 18.0 Å². The summed E-state index contributed by atoms with van der Waals surface area (Å²) in [7, 11) is 0. The van der Waals surface area contributed by atoms with E-state index in [0.29, 0.717) is 23.2 Å². The largest absolute Gasteiger partial charge is 0.381 e. The van der Waals surface area contributed by atoms with Crippen LogP contribution in [0.4, 0.5) is 11.5 Å². The predicted molar refractivity (Wildman–Crippen MR) is 79.3 cm³/mol. The SMILES string of the molecule is Cc1cc(NC(=O)c2cncc(NC3CCCC3)c2)no1. The zero-order valence-electron chi connectivity index (χ0n) is 11.9. The Balaban J connectivity index is 1.68. The molecule has 1 aliphatic rings. The van der Waals surface area contributed by atoms with Crippen molar-refractivity contribution in [1.29, 1.82) is 0 Å². The highest BCUT2D eigenvalue weighted by Gasteiger charge is 2.15. The standard InChI is InChI=1S/C15H18N4O2/c1-10-6-14(19-21-10)18-15(20)11-7-13(9-16-8-11)17-12-4-2-3-5-12/h6-9,12,17H,2-5H2,1H3,(H,18,19,20). The van der Waals surface area contributed by atoms with Crippen LogP contribution in [0.25, 0.3) is 0 Å². The van der Waals surface area contributed by atoms with Gasteiger partial charge in [0.1, 0.15) is 5.76 Å². The number of aryl methyl sites for hydroxylation is 1. The van der Waals surface area contributed by atoms with Gasteiger partial charge in [-0.3, -0.25) is 9.78 Å². The Morgan fingerprint density at radius 2 is 2.10 bits per heavy atom. The summed E-state index contributed by atoms with van der Waals surface area (Å²) < 4.78 is 4.92. The number of anilines is 2. The molecule has 6 heteroatoms. The Bertz CT molecular complexity index is 632. The van der Waals surface area contributed by atoms with E-state index in [2.05, 4.69) is 20.8 Å². The first-order valence-corrected chi connectivity index (χ1v) is 7.17. The molecule has 0 saturated heterocycles. The number of aromatic nitrogens is 2. The van der Waals surface area contributed by atoms with Crippen LogP contribution in [0.5, 0.6) is 0 Å². The van der Waals surface area contributed by atoms with E-state index < -0.39 is 0 Å². The summed E-state index contributed by atoms with van der Waals surface area (Å²) >= 11 is 0. The molecule has 21 heavy (non-hydrogen) atoms. The fourth-order valence-corrected chi connectivity index (χ4v) is 2.56. The average molecular weight is 286 g/mol. The van der Waals surface area contributed by atoms with E-state index in [1.165, 1.54) is 25.7 Å². The van der Waals surface area contributed by atoms with Crippen LogP contribution in [0.15, 0.2) is 29.0 Å². The summed E-state index contributed by atoms with van der Waals surface area (Å²) in [4.78, 5) is 16.3. The van der Waals surface area contributed by atoms with Crippen molar-refractivity contribution in [1.82, 2.24) is 10.1 Å². The molecular formula is C15H18N4O2. The monoisotopic (exact) mass is 286 g/mol. The second-order valence-corrected chi connectivity index (χ2v) is 5.36. The first-order chi connectivity index (χ1) is 10.2. The zero-order chi connectivity index (χ0) is 14.7. The predicted octanol–water partition coefficient (Wildman–Crippen LogP) is 2.98.